The third kappa shape index (κ3) is 3.13. The first-order valence-corrected chi connectivity index (χ1v) is 6.96. The number of methoxy groups -OCH3 is 1. The van der Waals surface area contributed by atoms with Crippen LogP contribution in [0.1, 0.15) is 27.8 Å². The molecular formula is C18H23NO. The van der Waals surface area contributed by atoms with Crippen molar-refractivity contribution < 1.29 is 4.74 Å². The Labute approximate surface area is 121 Å². The summed E-state index contributed by atoms with van der Waals surface area (Å²) in [7, 11) is 1.70. The molecule has 0 aliphatic rings. The van der Waals surface area contributed by atoms with E-state index in [1.54, 1.807) is 7.11 Å². The van der Waals surface area contributed by atoms with E-state index in [2.05, 4.69) is 57.3 Å². The Bertz CT molecular complexity index is 594. The molecule has 2 aromatic rings. The normalized spacial score (nSPS) is 10.4. The molecule has 0 heterocycles. The van der Waals surface area contributed by atoms with Crippen LogP contribution in [0.4, 0.5) is 5.69 Å². The second-order valence-corrected chi connectivity index (χ2v) is 5.41. The second-order valence-electron chi connectivity index (χ2n) is 5.41. The van der Waals surface area contributed by atoms with Crippen LogP contribution in [-0.2, 0) is 6.54 Å². The van der Waals surface area contributed by atoms with Gasteiger partial charge in [0.05, 0.1) is 7.11 Å². The fourth-order valence-electron chi connectivity index (χ4n) is 2.63. The van der Waals surface area contributed by atoms with E-state index in [9.17, 15) is 0 Å². The molecule has 20 heavy (non-hydrogen) atoms. The Morgan fingerprint density at radius 3 is 2.10 bits per heavy atom. The Hall–Kier alpha value is -1.96. The topological polar surface area (TPSA) is 21.3 Å². The summed E-state index contributed by atoms with van der Waals surface area (Å²) in [5, 5.41) is 3.53. The highest BCUT2D eigenvalue weighted by Crippen LogP contribution is 2.23. The van der Waals surface area contributed by atoms with Crippen molar-refractivity contribution in [3.63, 3.8) is 0 Å². The average molecular weight is 269 g/mol. The van der Waals surface area contributed by atoms with Gasteiger partial charge in [-0.1, -0.05) is 17.7 Å². The summed E-state index contributed by atoms with van der Waals surface area (Å²) in [6, 6.07) is 10.6. The zero-order valence-electron chi connectivity index (χ0n) is 13.0. The summed E-state index contributed by atoms with van der Waals surface area (Å²) in [6.45, 7) is 9.45. The van der Waals surface area contributed by atoms with E-state index in [1.165, 1.54) is 27.8 Å². The van der Waals surface area contributed by atoms with Gasteiger partial charge in [-0.25, -0.2) is 0 Å². The van der Waals surface area contributed by atoms with E-state index in [0.717, 1.165) is 18.0 Å². The lowest BCUT2D eigenvalue weighted by Gasteiger charge is -2.15. The summed E-state index contributed by atoms with van der Waals surface area (Å²) >= 11 is 0. The van der Waals surface area contributed by atoms with Gasteiger partial charge in [-0.2, -0.15) is 0 Å². The quantitative estimate of drug-likeness (QED) is 0.879. The van der Waals surface area contributed by atoms with E-state index in [0.29, 0.717) is 0 Å². The van der Waals surface area contributed by atoms with Crippen LogP contribution in [0.3, 0.4) is 0 Å². The molecule has 2 aromatic carbocycles. The molecule has 0 atom stereocenters. The maximum atomic E-state index is 5.24. The highest BCUT2D eigenvalue weighted by molar-refractivity contribution is 5.54. The van der Waals surface area contributed by atoms with Crippen LogP contribution >= 0.6 is 0 Å². The molecule has 0 saturated carbocycles. The lowest BCUT2D eigenvalue weighted by Crippen LogP contribution is -2.05. The van der Waals surface area contributed by atoms with Crippen molar-refractivity contribution in [2.75, 3.05) is 12.4 Å². The smallest absolute Gasteiger partial charge is 0.119 e. The van der Waals surface area contributed by atoms with Crippen LogP contribution in [0, 0.1) is 27.7 Å². The van der Waals surface area contributed by atoms with Crippen molar-refractivity contribution >= 4 is 5.69 Å². The fraction of sp³-hybridized carbons (Fsp3) is 0.333. The molecule has 0 spiro atoms. The standard InChI is InChI=1S/C18H23NO/c1-12-8-13(2)17(14(3)9-12)11-19-18-7-6-16(20-5)10-15(18)4/h6-10,19H,11H2,1-5H3. The number of aryl methyl sites for hydroxylation is 4. The Morgan fingerprint density at radius 1 is 0.900 bits per heavy atom. The highest BCUT2D eigenvalue weighted by Gasteiger charge is 2.05. The van der Waals surface area contributed by atoms with E-state index in [-0.39, 0.29) is 0 Å². The van der Waals surface area contributed by atoms with Gasteiger partial charge in [0, 0.05) is 12.2 Å². The van der Waals surface area contributed by atoms with Gasteiger partial charge in [0.1, 0.15) is 5.75 Å². The molecule has 0 unspecified atom stereocenters. The first-order chi connectivity index (χ1) is 9.51. The third-order valence-electron chi connectivity index (χ3n) is 3.73. The molecule has 0 aliphatic heterocycles. The van der Waals surface area contributed by atoms with Crippen LogP contribution in [0.25, 0.3) is 0 Å². The molecule has 0 radical (unpaired) electrons. The molecule has 2 heteroatoms. The molecular weight excluding hydrogens is 246 g/mol. The minimum absolute atomic E-state index is 0.852. The van der Waals surface area contributed by atoms with Crippen molar-refractivity contribution in [2.45, 2.75) is 34.2 Å². The van der Waals surface area contributed by atoms with Gasteiger partial charge in [-0.15, -0.1) is 0 Å². The van der Waals surface area contributed by atoms with Gasteiger partial charge in [0.2, 0.25) is 0 Å². The first-order valence-electron chi connectivity index (χ1n) is 6.96. The summed E-state index contributed by atoms with van der Waals surface area (Å²) in [5.41, 5.74) is 7.76. The zero-order chi connectivity index (χ0) is 14.7. The van der Waals surface area contributed by atoms with Gasteiger partial charge in [-0.05, 0) is 68.1 Å². The van der Waals surface area contributed by atoms with Crippen LogP contribution in [0.2, 0.25) is 0 Å². The fourth-order valence-corrected chi connectivity index (χ4v) is 2.63. The molecule has 0 saturated heterocycles. The highest BCUT2D eigenvalue weighted by atomic mass is 16.5. The number of hydrogen-bond donors (Lipinski definition) is 1. The first kappa shape index (κ1) is 14.4. The van der Waals surface area contributed by atoms with E-state index in [1.807, 2.05) is 6.07 Å². The Morgan fingerprint density at radius 2 is 1.55 bits per heavy atom. The van der Waals surface area contributed by atoms with Gasteiger partial charge >= 0.3 is 0 Å². The average Bonchev–Trinajstić information content (AvgIpc) is 2.39. The predicted molar refractivity (Wildman–Crippen MR) is 85.7 cm³/mol. The summed E-state index contributed by atoms with van der Waals surface area (Å²) < 4.78 is 5.24. The zero-order valence-corrected chi connectivity index (χ0v) is 13.0. The third-order valence-corrected chi connectivity index (χ3v) is 3.73. The number of rotatable bonds is 4. The number of hydrogen-bond acceptors (Lipinski definition) is 2. The molecule has 0 bridgehead atoms. The monoisotopic (exact) mass is 269 g/mol. The van der Waals surface area contributed by atoms with Gasteiger partial charge in [0.15, 0.2) is 0 Å². The van der Waals surface area contributed by atoms with E-state index < -0.39 is 0 Å². The minimum atomic E-state index is 0.852. The van der Waals surface area contributed by atoms with Crippen LogP contribution in [0.15, 0.2) is 30.3 Å². The lowest BCUT2D eigenvalue weighted by molar-refractivity contribution is 0.414. The molecule has 106 valence electrons. The molecule has 0 aliphatic carbocycles. The van der Waals surface area contributed by atoms with Gasteiger partial charge in [-0.3, -0.25) is 0 Å². The predicted octanol–water partition coefficient (Wildman–Crippen LogP) is 4.54. The molecule has 0 aromatic heterocycles. The van der Waals surface area contributed by atoms with E-state index >= 15 is 0 Å². The molecule has 1 N–H and O–H groups in total. The maximum Gasteiger partial charge on any atom is 0.119 e. The number of anilines is 1. The SMILES string of the molecule is COc1ccc(NCc2c(C)cc(C)cc2C)c(C)c1. The van der Waals surface area contributed by atoms with Crippen molar-refractivity contribution in [2.24, 2.45) is 0 Å². The van der Waals surface area contributed by atoms with Crippen molar-refractivity contribution in [1.82, 2.24) is 0 Å². The second kappa shape index (κ2) is 6.00. The lowest BCUT2D eigenvalue weighted by atomic mass is 9.99. The number of nitrogens with one attached hydrogen (secondary N) is 1. The van der Waals surface area contributed by atoms with Crippen LogP contribution in [0.5, 0.6) is 5.75 Å². The van der Waals surface area contributed by atoms with Gasteiger partial charge in [0.25, 0.3) is 0 Å². The van der Waals surface area contributed by atoms with Crippen LogP contribution in [-0.4, -0.2) is 7.11 Å². The Balaban J connectivity index is 2.17. The molecule has 2 nitrogen and oxygen atoms in total. The summed E-state index contributed by atoms with van der Waals surface area (Å²) in [5.74, 6) is 0.899. The van der Waals surface area contributed by atoms with E-state index in [4.69, 9.17) is 4.74 Å². The summed E-state index contributed by atoms with van der Waals surface area (Å²) in [6.07, 6.45) is 0. The molecule has 2 rings (SSSR count). The number of benzene rings is 2. The van der Waals surface area contributed by atoms with Crippen molar-refractivity contribution in [1.29, 1.82) is 0 Å². The van der Waals surface area contributed by atoms with Crippen molar-refractivity contribution in [3.8, 4) is 5.75 Å². The summed E-state index contributed by atoms with van der Waals surface area (Å²) in [4.78, 5) is 0. The van der Waals surface area contributed by atoms with Crippen molar-refractivity contribution in [3.05, 3.63) is 58.1 Å². The maximum absolute atomic E-state index is 5.24. The molecule has 0 fully saturated rings. The van der Waals surface area contributed by atoms with Crippen LogP contribution < -0.4 is 10.1 Å². The van der Waals surface area contributed by atoms with Gasteiger partial charge < -0.3 is 10.1 Å². The minimum Gasteiger partial charge on any atom is -0.497 e. The Kier molecular flexibility index (Phi) is 4.33. The molecule has 0 amide bonds. The largest absolute Gasteiger partial charge is 0.497 e. The number of ether oxygens (including phenoxy) is 1.